The molecule has 8 nitrogen and oxygen atoms in total. The van der Waals surface area contributed by atoms with Gasteiger partial charge in [0, 0.05) is 11.8 Å². The van der Waals surface area contributed by atoms with Crippen LogP contribution < -0.4 is 20.7 Å². The van der Waals surface area contributed by atoms with Crippen molar-refractivity contribution >= 4 is 0 Å². The highest BCUT2D eigenvalue weighted by Crippen LogP contribution is 2.42. The number of hydrogen-bond donors (Lipinski definition) is 1. The van der Waals surface area contributed by atoms with Crippen molar-refractivity contribution in [3.8, 4) is 11.5 Å². The molecule has 2 heterocycles. The number of ether oxygens (including phenoxy) is 4. The van der Waals surface area contributed by atoms with Crippen LogP contribution in [0, 0.1) is 6.92 Å². The van der Waals surface area contributed by atoms with E-state index in [2.05, 4.69) is 17.1 Å². The van der Waals surface area contributed by atoms with Gasteiger partial charge in [0.15, 0.2) is 0 Å². The highest BCUT2D eigenvalue weighted by atomic mass is 16.6. The maximum atomic E-state index is 12.4. The Balaban J connectivity index is 1.51. The molecule has 1 saturated heterocycles. The van der Waals surface area contributed by atoms with Crippen LogP contribution in [0.2, 0.25) is 0 Å². The molecule has 2 atom stereocenters. The first-order valence-corrected chi connectivity index (χ1v) is 12.9. The Hall–Kier alpha value is -4.14. The smallest absolute Gasteiger partial charge is 0.330 e. The Morgan fingerprint density at radius 3 is 1.97 bits per heavy atom. The van der Waals surface area contributed by atoms with E-state index in [-0.39, 0.29) is 18.3 Å². The van der Waals surface area contributed by atoms with Crippen molar-refractivity contribution in [1.29, 1.82) is 0 Å². The largest absolute Gasteiger partial charge is 0.497 e. The Morgan fingerprint density at radius 2 is 1.41 bits per heavy atom. The van der Waals surface area contributed by atoms with Gasteiger partial charge in [-0.15, -0.1) is 0 Å². The van der Waals surface area contributed by atoms with Gasteiger partial charge >= 0.3 is 5.69 Å². The molecular formula is C31H32N2O6. The van der Waals surface area contributed by atoms with Crippen LogP contribution in [0.25, 0.3) is 0 Å². The number of nitrogens with one attached hydrogen (secondary N) is 1. The van der Waals surface area contributed by atoms with Crippen molar-refractivity contribution in [2.75, 3.05) is 20.8 Å². The summed E-state index contributed by atoms with van der Waals surface area (Å²) in [5.41, 5.74) is 1.46. The van der Waals surface area contributed by atoms with Crippen molar-refractivity contribution in [1.82, 2.24) is 9.55 Å². The summed E-state index contributed by atoms with van der Waals surface area (Å²) in [6, 6.07) is 25.8. The predicted molar refractivity (Wildman–Crippen MR) is 147 cm³/mol. The third kappa shape index (κ3) is 5.26. The molecule has 0 saturated carbocycles. The fourth-order valence-corrected chi connectivity index (χ4v) is 5.11. The molecule has 1 N–H and O–H groups in total. The van der Waals surface area contributed by atoms with E-state index in [4.69, 9.17) is 18.9 Å². The molecule has 0 bridgehead atoms. The molecule has 0 amide bonds. The lowest BCUT2D eigenvalue weighted by Gasteiger charge is -2.37. The fraction of sp³-hybridized carbons (Fsp3) is 0.290. The average Bonchev–Trinajstić information content (AvgIpc) is 3.45. The highest BCUT2D eigenvalue weighted by molar-refractivity contribution is 5.49. The molecule has 5 rings (SSSR count). The van der Waals surface area contributed by atoms with Gasteiger partial charge in [-0.25, -0.2) is 4.79 Å². The highest BCUT2D eigenvalue weighted by Gasteiger charge is 2.39. The molecule has 1 aliphatic heterocycles. The number of rotatable bonds is 9. The molecule has 0 radical (unpaired) electrons. The van der Waals surface area contributed by atoms with E-state index in [1.807, 2.05) is 66.7 Å². The normalized spacial score (nSPS) is 17.2. The minimum absolute atomic E-state index is 0.256. The van der Waals surface area contributed by atoms with E-state index in [0.717, 1.165) is 28.2 Å². The van der Waals surface area contributed by atoms with E-state index >= 15 is 0 Å². The number of aryl methyl sites for hydroxylation is 1. The number of hydrogen-bond acceptors (Lipinski definition) is 6. The number of H-pyrrole nitrogens is 1. The van der Waals surface area contributed by atoms with E-state index in [9.17, 15) is 9.59 Å². The molecule has 39 heavy (non-hydrogen) atoms. The first kappa shape index (κ1) is 26.5. The lowest BCUT2D eigenvalue weighted by Crippen LogP contribution is -2.36. The monoisotopic (exact) mass is 528 g/mol. The minimum atomic E-state index is -0.952. The lowest BCUT2D eigenvalue weighted by molar-refractivity contribution is -0.0774. The predicted octanol–water partition coefficient (Wildman–Crippen LogP) is 4.55. The second-order valence-corrected chi connectivity index (χ2v) is 9.58. The summed E-state index contributed by atoms with van der Waals surface area (Å²) < 4.78 is 25.5. The standard InChI is InChI=1S/C31H32N2O6/c1-21-19-33(30(35)32-29(21)34)28-18-17-27(39-28)20-38-31(22-7-5-4-6-8-22,23-9-13-25(36-2)14-10-23)24-11-15-26(37-3)16-12-24/h4-16,19,27-28H,17-18,20H2,1-3H3,(H,32,34,35)/t27-,28-/m1/s1. The second kappa shape index (κ2) is 11.3. The topological polar surface area (TPSA) is 91.8 Å². The SMILES string of the molecule is COc1ccc(C(OC[C@H]2CC[C@H](n3cc(C)c(=O)[nH]c3=O)O2)(c2ccccc2)c2ccc(OC)cc2)cc1. The van der Waals surface area contributed by atoms with Gasteiger partial charge in [-0.2, -0.15) is 0 Å². The summed E-state index contributed by atoms with van der Waals surface area (Å²) in [7, 11) is 3.28. The van der Waals surface area contributed by atoms with E-state index in [1.54, 1.807) is 27.3 Å². The average molecular weight is 529 g/mol. The van der Waals surface area contributed by atoms with Crippen LogP contribution in [0.4, 0.5) is 0 Å². The zero-order valence-electron chi connectivity index (χ0n) is 22.3. The molecule has 1 fully saturated rings. The summed E-state index contributed by atoms with van der Waals surface area (Å²) in [5, 5.41) is 0. The summed E-state index contributed by atoms with van der Waals surface area (Å²) in [4.78, 5) is 26.6. The summed E-state index contributed by atoms with van der Waals surface area (Å²) >= 11 is 0. The molecule has 0 spiro atoms. The van der Waals surface area contributed by atoms with Crippen molar-refractivity contribution in [3.63, 3.8) is 0 Å². The zero-order valence-corrected chi connectivity index (χ0v) is 22.3. The van der Waals surface area contributed by atoms with Gasteiger partial charge in [0.25, 0.3) is 5.56 Å². The molecule has 3 aromatic carbocycles. The van der Waals surface area contributed by atoms with Crippen molar-refractivity contribution in [2.45, 2.75) is 37.7 Å². The maximum Gasteiger partial charge on any atom is 0.330 e. The number of aromatic nitrogens is 2. The molecule has 0 aliphatic carbocycles. The number of methoxy groups -OCH3 is 2. The quantitative estimate of drug-likeness (QED) is 0.321. The molecule has 4 aromatic rings. The van der Waals surface area contributed by atoms with Crippen LogP contribution in [0.15, 0.2) is 94.6 Å². The third-order valence-electron chi connectivity index (χ3n) is 7.20. The van der Waals surface area contributed by atoms with E-state index in [1.165, 1.54) is 4.57 Å². The van der Waals surface area contributed by atoms with Crippen molar-refractivity contribution < 1.29 is 18.9 Å². The number of aromatic amines is 1. The Kier molecular flexibility index (Phi) is 7.67. The van der Waals surface area contributed by atoms with Gasteiger partial charge in [0.1, 0.15) is 23.3 Å². The van der Waals surface area contributed by atoms with Gasteiger partial charge in [0.2, 0.25) is 0 Å². The Labute approximate surface area is 226 Å². The van der Waals surface area contributed by atoms with Crippen molar-refractivity contribution in [3.05, 3.63) is 128 Å². The van der Waals surface area contributed by atoms with Gasteiger partial charge in [-0.1, -0.05) is 54.6 Å². The summed E-state index contributed by atoms with van der Waals surface area (Å²) in [5.74, 6) is 1.50. The number of nitrogens with zero attached hydrogens (tertiary/aromatic N) is 1. The van der Waals surface area contributed by atoms with Crippen LogP contribution in [0.1, 0.15) is 41.3 Å². The Morgan fingerprint density at radius 1 is 0.846 bits per heavy atom. The molecule has 1 aromatic heterocycles. The second-order valence-electron chi connectivity index (χ2n) is 9.58. The van der Waals surface area contributed by atoms with Crippen LogP contribution in [-0.2, 0) is 15.1 Å². The van der Waals surface area contributed by atoms with E-state index < -0.39 is 17.5 Å². The van der Waals surface area contributed by atoms with Crippen LogP contribution in [0.5, 0.6) is 11.5 Å². The summed E-state index contributed by atoms with van der Waals surface area (Å²) in [6.07, 6.45) is 2.15. The van der Waals surface area contributed by atoms with Crippen LogP contribution in [0.3, 0.4) is 0 Å². The van der Waals surface area contributed by atoms with Crippen LogP contribution in [-0.4, -0.2) is 36.5 Å². The molecule has 1 aliphatic rings. The zero-order chi connectivity index (χ0) is 27.4. The van der Waals surface area contributed by atoms with Gasteiger partial charge in [-0.05, 0) is 60.7 Å². The first-order valence-electron chi connectivity index (χ1n) is 12.9. The summed E-state index contributed by atoms with van der Waals surface area (Å²) in [6.45, 7) is 1.95. The Bertz CT molecular complexity index is 1460. The maximum absolute atomic E-state index is 12.4. The molecule has 0 unspecified atom stereocenters. The van der Waals surface area contributed by atoms with Crippen molar-refractivity contribution in [2.24, 2.45) is 0 Å². The van der Waals surface area contributed by atoms with Gasteiger partial charge in [-0.3, -0.25) is 14.3 Å². The molecular weight excluding hydrogens is 496 g/mol. The van der Waals surface area contributed by atoms with Gasteiger partial charge < -0.3 is 18.9 Å². The van der Waals surface area contributed by atoms with Crippen LogP contribution >= 0.6 is 0 Å². The minimum Gasteiger partial charge on any atom is -0.497 e. The first-order chi connectivity index (χ1) is 18.9. The van der Waals surface area contributed by atoms with Gasteiger partial charge in [0.05, 0.1) is 26.9 Å². The molecule has 8 heteroatoms. The lowest BCUT2D eigenvalue weighted by atomic mass is 9.80. The third-order valence-corrected chi connectivity index (χ3v) is 7.20. The number of benzene rings is 3. The fourth-order valence-electron chi connectivity index (χ4n) is 5.11. The van der Waals surface area contributed by atoms with E-state index in [0.29, 0.717) is 18.4 Å². The molecule has 202 valence electrons.